The molecule has 3 rings (SSSR count). The Kier molecular flexibility index (Phi) is 3.66. The molecule has 1 aromatic heterocycles. The summed E-state index contributed by atoms with van der Waals surface area (Å²) in [6, 6.07) is -0.197. The topological polar surface area (TPSA) is 79.5 Å². The molecular weight excluding hydrogens is 284 g/mol. The number of β-lactam (4-membered cyclic amide) rings is 1. The van der Waals surface area contributed by atoms with Gasteiger partial charge in [0.05, 0.1) is 6.54 Å². The molecule has 22 heavy (non-hydrogen) atoms. The van der Waals surface area contributed by atoms with Gasteiger partial charge >= 0.3 is 0 Å². The van der Waals surface area contributed by atoms with Crippen LogP contribution in [0.15, 0.2) is 10.8 Å². The standard InChI is InChI=1S/C15H22N4O3/c1-4-11(12-17-16-9-22-12)18-8-15(14(18)21)6-5-7-19(15)13(20)10(2)3/h9-11H,4-8H2,1-3H3. The second-order valence-corrected chi connectivity index (χ2v) is 6.41. The van der Waals surface area contributed by atoms with Gasteiger partial charge in [-0.05, 0) is 19.3 Å². The van der Waals surface area contributed by atoms with E-state index in [0.717, 1.165) is 12.8 Å². The Morgan fingerprint density at radius 1 is 1.50 bits per heavy atom. The Morgan fingerprint density at radius 2 is 2.27 bits per heavy atom. The highest BCUT2D eigenvalue weighted by atomic mass is 16.4. The zero-order valence-electron chi connectivity index (χ0n) is 13.3. The first-order valence-corrected chi connectivity index (χ1v) is 7.90. The van der Waals surface area contributed by atoms with Gasteiger partial charge in [0, 0.05) is 12.5 Å². The molecule has 0 bridgehead atoms. The second-order valence-electron chi connectivity index (χ2n) is 6.41. The molecule has 0 aliphatic carbocycles. The van der Waals surface area contributed by atoms with Crippen LogP contribution in [0.1, 0.15) is 52.0 Å². The van der Waals surface area contributed by atoms with Gasteiger partial charge in [0.1, 0.15) is 11.6 Å². The third-order valence-electron chi connectivity index (χ3n) is 4.76. The average molecular weight is 306 g/mol. The Labute approximate surface area is 129 Å². The molecule has 2 aliphatic heterocycles. The van der Waals surface area contributed by atoms with Crippen molar-refractivity contribution in [2.45, 2.75) is 51.6 Å². The minimum absolute atomic E-state index is 0.0176. The molecular formula is C15H22N4O3. The van der Waals surface area contributed by atoms with Crippen LogP contribution in [0.5, 0.6) is 0 Å². The fourth-order valence-electron chi connectivity index (χ4n) is 3.60. The van der Waals surface area contributed by atoms with Gasteiger partial charge in [0.15, 0.2) is 0 Å². The Morgan fingerprint density at radius 3 is 2.82 bits per heavy atom. The maximum Gasteiger partial charge on any atom is 0.251 e. The molecule has 0 N–H and O–H groups in total. The van der Waals surface area contributed by atoms with Crippen molar-refractivity contribution < 1.29 is 14.0 Å². The summed E-state index contributed by atoms with van der Waals surface area (Å²) in [5.74, 6) is 0.459. The number of hydrogen-bond donors (Lipinski definition) is 0. The average Bonchev–Trinajstić information content (AvgIpc) is 3.16. The van der Waals surface area contributed by atoms with E-state index in [1.54, 1.807) is 9.80 Å². The van der Waals surface area contributed by atoms with Crippen LogP contribution >= 0.6 is 0 Å². The van der Waals surface area contributed by atoms with Crippen molar-refractivity contribution in [1.82, 2.24) is 20.0 Å². The summed E-state index contributed by atoms with van der Waals surface area (Å²) in [5.41, 5.74) is -0.630. The summed E-state index contributed by atoms with van der Waals surface area (Å²) in [6.07, 6.45) is 3.63. The minimum Gasteiger partial charge on any atom is -0.426 e. The molecule has 0 saturated carbocycles. The van der Waals surface area contributed by atoms with E-state index >= 15 is 0 Å². The predicted molar refractivity (Wildman–Crippen MR) is 77.6 cm³/mol. The van der Waals surface area contributed by atoms with Crippen molar-refractivity contribution in [3.05, 3.63) is 12.3 Å². The summed E-state index contributed by atoms with van der Waals surface area (Å²) >= 11 is 0. The van der Waals surface area contributed by atoms with Crippen molar-refractivity contribution in [3.63, 3.8) is 0 Å². The third kappa shape index (κ3) is 2.02. The van der Waals surface area contributed by atoms with E-state index in [2.05, 4.69) is 10.2 Å². The maximum absolute atomic E-state index is 12.9. The van der Waals surface area contributed by atoms with Crippen molar-refractivity contribution in [1.29, 1.82) is 0 Å². The van der Waals surface area contributed by atoms with E-state index in [4.69, 9.17) is 4.42 Å². The molecule has 120 valence electrons. The van der Waals surface area contributed by atoms with Crippen molar-refractivity contribution in [2.75, 3.05) is 13.1 Å². The molecule has 2 aliphatic rings. The van der Waals surface area contributed by atoms with Crippen LogP contribution in [0.2, 0.25) is 0 Å². The lowest BCUT2D eigenvalue weighted by Gasteiger charge is -2.53. The number of nitrogens with zero attached hydrogens (tertiary/aromatic N) is 4. The number of carbonyl (C=O) groups is 2. The lowest BCUT2D eigenvalue weighted by Crippen LogP contribution is -2.73. The molecule has 1 spiro atoms. The van der Waals surface area contributed by atoms with Crippen LogP contribution in [-0.2, 0) is 9.59 Å². The molecule has 7 nitrogen and oxygen atoms in total. The lowest BCUT2D eigenvalue weighted by atomic mass is 9.83. The third-order valence-corrected chi connectivity index (χ3v) is 4.76. The van der Waals surface area contributed by atoms with Gasteiger partial charge in [0.25, 0.3) is 5.91 Å². The number of rotatable bonds is 4. The zero-order valence-corrected chi connectivity index (χ0v) is 13.3. The fourth-order valence-corrected chi connectivity index (χ4v) is 3.60. The Balaban J connectivity index is 1.79. The first-order valence-electron chi connectivity index (χ1n) is 7.90. The van der Waals surface area contributed by atoms with Crippen LogP contribution in [-0.4, -0.2) is 50.4 Å². The summed E-state index contributed by atoms with van der Waals surface area (Å²) in [7, 11) is 0. The van der Waals surface area contributed by atoms with E-state index < -0.39 is 5.54 Å². The van der Waals surface area contributed by atoms with Gasteiger partial charge in [-0.15, -0.1) is 10.2 Å². The molecule has 7 heteroatoms. The van der Waals surface area contributed by atoms with Crippen LogP contribution in [0.3, 0.4) is 0 Å². The maximum atomic E-state index is 12.9. The van der Waals surface area contributed by atoms with Gasteiger partial charge < -0.3 is 14.2 Å². The highest BCUT2D eigenvalue weighted by molar-refractivity contribution is 5.97. The zero-order chi connectivity index (χ0) is 15.9. The smallest absolute Gasteiger partial charge is 0.251 e. The molecule has 2 atom stereocenters. The van der Waals surface area contributed by atoms with E-state index in [0.29, 0.717) is 25.4 Å². The van der Waals surface area contributed by atoms with Crippen LogP contribution in [0.25, 0.3) is 0 Å². The van der Waals surface area contributed by atoms with E-state index in [1.165, 1.54) is 6.39 Å². The fraction of sp³-hybridized carbons (Fsp3) is 0.733. The summed E-state index contributed by atoms with van der Waals surface area (Å²) in [6.45, 7) is 6.98. The molecule has 2 saturated heterocycles. The Bertz CT molecular complexity index is 571. The summed E-state index contributed by atoms with van der Waals surface area (Å²) in [4.78, 5) is 28.8. The highest BCUT2D eigenvalue weighted by Gasteiger charge is 2.61. The van der Waals surface area contributed by atoms with Crippen LogP contribution in [0, 0.1) is 5.92 Å². The van der Waals surface area contributed by atoms with Crippen molar-refractivity contribution in [3.8, 4) is 0 Å². The quantitative estimate of drug-likeness (QED) is 0.785. The summed E-state index contributed by atoms with van der Waals surface area (Å²) < 4.78 is 5.26. The highest BCUT2D eigenvalue weighted by Crippen LogP contribution is 2.43. The van der Waals surface area contributed by atoms with E-state index in [-0.39, 0.29) is 23.8 Å². The molecule has 0 radical (unpaired) electrons. The lowest BCUT2D eigenvalue weighted by molar-refractivity contribution is -0.173. The molecule has 2 fully saturated rings. The van der Waals surface area contributed by atoms with E-state index in [1.807, 2.05) is 20.8 Å². The van der Waals surface area contributed by atoms with E-state index in [9.17, 15) is 9.59 Å². The normalized spacial score (nSPS) is 25.9. The molecule has 1 aromatic rings. The van der Waals surface area contributed by atoms with Crippen molar-refractivity contribution >= 4 is 11.8 Å². The molecule has 2 amide bonds. The number of likely N-dealkylation sites (tertiary alicyclic amines) is 2. The predicted octanol–water partition coefficient (Wildman–Crippen LogP) is 1.38. The number of amides is 2. The second kappa shape index (κ2) is 5.37. The SMILES string of the molecule is CCC(c1nnco1)N1CC2(CCCN2C(=O)C(C)C)C1=O. The molecule has 2 unspecified atom stereocenters. The monoisotopic (exact) mass is 306 g/mol. The minimum atomic E-state index is -0.630. The number of aromatic nitrogens is 2. The largest absolute Gasteiger partial charge is 0.426 e. The Hall–Kier alpha value is -1.92. The summed E-state index contributed by atoms with van der Waals surface area (Å²) in [5, 5.41) is 7.62. The first kappa shape index (κ1) is 15.0. The van der Waals surface area contributed by atoms with Gasteiger partial charge in [-0.25, -0.2) is 0 Å². The first-order chi connectivity index (χ1) is 10.5. The number of carbonyl (C=O) groups excluding carboxylic acids is 2. The van der Waals surface area contributed by atoms with Gasteiger partial charge in [0.2, 0.25) is 18.2 Å². The van der Waals surface area contributed by atoms with Crippen molar-refractivity contribution in [2.24, 2.45) is 5.92 Å². The van der Waals surface area contributed by atoms with Gasteiger partial charge in [-0.1, -0.05) is 20.8 Å². The van der Waals surface area contributed by atoms with Crippen LogP contribution < -0.4 is 0 Å². The van der Waals surface area contributed by atoms with Gasteiger partial charge in [-0.2, -0.15) is 0 Å². The molecule has 3 heterocycles. The van der Waals surface area contributed by atoms with Gasteiger partial charge in [-0.3, -0.25) is 9.59 Å². The van der Waals surface area contributed by atoms with Crippen LogP contribution in [0.4, 0.5) is 0 Å². The molecule has 0 aromatic carbocycles. The number of hydrogen-bond acceptors (Lipinski definition) is 5.